The molecule has 3 atom stereocenters. The van der Waals surface area contributed by atoms with Crippen LogP contribution in [0.25, 0.3) is 0 Å². The highest BCUT2D eigenvalue weighted by molar-refractivity contribution is 5.90. The van der Waals surface area contributed by atoms with Crippen LogP contribution in [-0.4, -0.2) is 56.0 Å². The van der Waals surface area contributed by atoms with Gasteiger partial charge in [-0.05, 0) is 86.3 Å². The number of aryl methyl sites for hydroxylation is 1. The Labute approximate surface area is 255 Å². The molecule has 2 heterocycles. The minimum Gasteiger partial charge on any atom is -0.493 e. The Bertz CT molecular complexity index is 1270. The maximum Gasteiger partial charge on any atom is 0.329 e. The molecule has 232 valence electrons. The Hall–Kier alpha value is -3.55. The van der Waals surface area contributed by atoms with E-state index in [0.29, 0.717) is 43.1 Å². The molecule has 1 amide bonds. The molecule has 8 heteroatoms. The number of amides is 1. The lowest BCUT2D eigenvalue weighted by molar-refractivity contribution is -0.164. The molecule has 43 heavy (non-hydrogen) atoms. The molecule has 2 aromatic carbocycles. The first kappa shape index (κ1) is 30.9. The number of methoxy groups -OCH3 is 2. The van der Waals surface area contributed by atoms with Crippen molar-refractivity contribution in [1.29, 1.82) is 0 Å². The number of rotatable bonds is 6. The molecule has 0 N–H and O–H groups in total. The highest BCUT2D eigenvalue weighted by atomic mass is 16.5. The summed E-state index contributed by atoms with van der Waals surface area (Å²) in [7, 11) is 3.22. The SMILES string of the molecule is COc1ccc(CC[C@H]2OC(=O)[C@@H]3CCCCN3C(=O)[C@@H](C3CCCCC3)CC(=O)CCOc3cccc2c3)cc1OC. The molecule has 1 saturated heterocycles. The van der Waals surface area contributed by atoms with Crippen LogP contribution in [0.2, 0.25) is 0 Å². The van der Waals surface area contributed by atoms with Crippen molar-refractivity contribution >= 4 is 17.7 Å². The number of benzene rings is 2. The van der Waals surface area contributed by atoms with E-state index in [9.17, 15) is 14.4 Å². The number of hydrogen-bond acceptors (Lipinski definition) is 7. The van der Waals surface area contributed by atoms with Gasteiger partial charge in [-0.2, -0.15) is 0 Å². The van der Waals surface area contributed by atoms with Gasteiger partial charge in [0, 0.05) is 25.3 Å². The topological polar surface area (TPSA) is 91.4 Å². The molecule has 2 aliphatic heterocycles. The number of hydrogen-bond donors (Lipinski definition) is 0. The number of esters is 1. The number of ether oxygens (including phenoxy) is 4. The molecular weight excluding hydrogens is 546 g/mol. The fourth-order valence-corrected chi connectivity index (χ4v) is 6.93. The van der Waals surface area contributed by atoms with E-state index in [2.05, 4.69) is 0 Å². The van der Waals surface area contributed by atoms with Crippen molar-refractivity contribution in [1.82, 2.24) is 4.90 Å². The van der Waals surface area contributed by atoms with Gasteiger partial charge in [-0.1, -0.05) is 37.5 Å². The van der Waals surface area contributed by atoms with Crippen LogP contribution in [0.5, 0.6) is 17.2 Å². The van der Waals surface area contributed by atoms with Crippen LogP contribution in [0, 0.1) is 11.8 Å². The predicted octanol–water partition coefficient (Wildman–Crippen LogP) is 6.24. The fourth-order valence-electron chi connectivity index (χ4n) is 6.93. The maximum absolute atomic E-state index is 14.2. The van der Waals surface area contributed by atoms with Gasteiger partial charge in [0.25, 0.3) is 0 Å². The van der Waals surface area contributed by atoms with Gasteiger partial charge in [0.05, 0.1) is 20.8 Å². The number of nitrogens with zero attached hydrogens (tertiary/aromatic N) is 1. The second kappa shape index (κ2) is 14.8. The summed E-state index contributed by atoms with van der Waals surface area (Å²) in [6, 6.07) is 12.7. The van der Waals surface area contributed by atoms with Crippen LogP contribution in [0.15, 0.2) is 42.5 Å². The van der Waals surface area contributed by atoms with Crippen molar-refractivity contribution < 1.29 is 33.3 Å². The summed E-state index contributed by atoms with van der Waals surface area (Å²) in [5.41, 5.74) is 1.85. The second-order valence-corrected chi connectivity index (χ2v) is 12.1. The first-order valence-electron chi connectivity index (χ1n) is 15.9. The molecule has 0 unspecified atom stereocenters. The minimum absolute atomic E-state index is 0.0406. The molecule has 3 aliphatic rings. The Kier molecular flexibility index (Phi) is 10.6. The van der Waals surface area contributed by atoms with Gasteiger partial charge in [-0.15, -0.1) is 0 Å². The van der Waals surface area contributed by atoms with Gasteiger partial charge in [-0.25, -0.2) is 4.79 Å². The molecule has 8 nitrogen and oxygen atoms in total. The van der Waals surface area contributed by atoms with Crippen LogP contribution in [0.4, 0.5) is 0 Å². The van der Waals surface area contributed by atoms with Crippen molar-refractivity contribution in [2.24, 2.45) is 11.8 Å². The Balaban J connectivity index is 1.43. The second-order valence-electron chi connectivity index (χ2n) is 12.1. The molecule has 2 fully saturated rings. The van der Waals surface area contributed by atoms with Crippen LogP contribution in [0.1, 0.15) is 87.9 Å². The molecule has 5 rings (SSSR count). The third-order valence-corrected chi connectivity index (χ3v) is 9.32. The highest BCUT2D eigenvalue weighted by Gasteiger charge is 2.40. The number of ketones is 1. The van der Waals surface area contributed by atoms with Crippen molar-refractivity contribution in [3.05, 3.63) is 53.6 Å². The zero-order valence-electron chi connectivity index (χ0n) is 25.6. The fraction of sp³-hybridized carbons (Fsp3) is 0.571. The molecule has 0 aromatic heterocycles. The standard InChI is InChI=1S/C35H45NO7/c1-40-32-17-15-24(21-33(32)41-2)14-16-31-26-11-8-12-28(22-26)42-20-18-27(37)23-29(25-9-4-3-5-10-25)34(38)36-19-7-6-13-30(36)35(39)43-31/h8,11-12,15,17,21-22,25,29-31H,3-7,9-10,13-14,16,18-20,23H2,1-2H3/t29-,30+,31-/m1/s1. The first-order valence-corrected chi connectivity index (χ1v) is 15.9. The van der Waals surface area contributed by atoms with Crippen molar-refractivity contribution in [2.45, 2.75) is 89.2 Å². The number of carbonyl (C=O) groups is 3. The lowest BCUT2D eigenvalue weighted by Gasteiger charge is -2.39. The Morgan fingerprint density at radius 2 is 1.67 bits per heavy atom. The smallest absolute Gasteiger partial charge is 0.329 e. The Morgan fingerprint density at radius 3 is 2.47 bits per heavy atom. The minimum atomic E-state index is -0.643. The van der Waals surface area contributed by atoms with Crippen LogP contribution >= 0.6 is 0 Å². The number of cyclic esters (lactones) is 1. The summed E-state index contributed by atoms with van der Waals surface area (Å²) in [6.45, 7) is 0.765. The van der Waals surface area contributed by atoms with Gasteiger partial charge in [0.15, 0.2) is 11.5 Å². The number of piperidine rings is 1. The number of fused-ring (bicyclic) bond motifs is 3. The molecule has 0 spiro atoms. The summed E-state index contributed by atoms with van der Waals surface area (Å²) < 4.78 is 23.2. The van der Waals surface area contributed by atoms with E-state index in [0.717, 1.165) is 49.7 Å². The van der Waals surface area contributed by atoms with E-state index in [1.54, 1.807) is 19.1 Å². The molecule has 1 saturated carbocycles. The predicted molar refractivity (Wildman–Crippen MR) is 162 cm³/mol. The molecule has 2 aromatic rings. The average Bonchev–Trinajstić information content (AvgIpc) is 3.05. The summed E-state index contributed by atoms with van der Waals surface area (Å²) in [4.78, 5) is 43.0. The summed E-state index contributed by atoms with van der Waals surface area (Å²) in [6.07, 6.45) is 8.59. The summed E-state index contributed by atoms with van der Waals surface area (Å²) >= 11 is 0. The van der Waals surface area contributed by atoms with E-state index in [1.807, 2.05) is 42.5 Å². The van der Waals surface area contributed by atoms with E-state index in [4.69, 9.17) is 18.9 Å². The Morgan fingerprint density at radius 1 is 0.884 bits per heavy atom. The maximum atomic E-state index is 14.2. The van der Waals surface area contributed by atoms with Crippen molar-refractivity contribution in [3.63, 3.8) is 0 Å². The lowest BCUT2D eigenvalue weighted by Crippen LogP contribution is -2.52. The zero-order valence-corrected chi connectivity index (χ0v) is 25.6. The van der Waals surface area contributed by atoms with Crippen molar-refractivity contribution in [3.8, 4) is 17.2 Å². The van der Waals surface area contributed by atoms with Gasteiger partial charge >= 0.3 is 5.97 Å². The van der Waals surface area contributed by atoms with Gasteiger partial charge in [0.1, 0.15) is 23.7 Å². The first-order chi connectivity index (χ1) is 21.0. The van der Waals surface area contributed by atoms with Crippen LogP contribution in [-0.2, 0) is 25.5 Å². The summed E-state index contributed by atoms with van der Waals surface area (Å²) in [5, 5.41) is 0. The molecule has 2 bridgehead atoms. The lowest BCUT2D eigenvalue weighted by atomic mass is 9.76. The highest BCUT2D eigenvalue weighted by Crippen LogP contribution is 2.36. The van der Waals surface area contributed by atoms with E-state index >= 15 is 0 Å². The zero-order chi connectivity index (χ0) is 30.2. The van der Waals surface area contributed by atoms with Crippen molar-refractivity contribution in [2.75, 3.05) is 27.4 Å². The normalized spacial score (nSPS) is 24.2. The number of Topliss-reactive ketones (excluding diaryl/α,β-unsaturated/α-hetero) is 1. The largest absolute Gasteiger partial charge is 0.493 e. The molecular formula is C35H45NO7. The summed E-state index contributed by atoms with van der Waals surface area (Å²) in [5.74, 6) is 1.32. The molecule has 1 aliphatic carbocycles. The van der Waals surface area contributed by atoms with E-state index in [1.165, 1.54) is 6.42 Å². The van der Waals surface area contributed by atoms with E-state index < -0.39 is 18.1 Å². The quantitative estimate of drug-likeness (QED) is 0.367. The third-order valence-electron chi connectivity index (χ3n) is 9.32. The van der Waals surface area contributed by atoms with Gasteiger partial charge < -0.3 is 23.8 Å². The van der Waals surface area contributed by atoms with Crippen LogP contribution in [0.3, 0.4) is 0 Å². The van der Waals surface area contributed by atoms with Crippen LogP contribution < -0.4 is 14.2 Å². The average molecular weight is 592 g/mol. The van der Waals surface area contributed by atoms with Gasteiger partial charge in [0.2, 0.25) is 5.91 Å². The monoisotopic (exact) mass is 591 g/mol. The third kappa shape index (κ3) is 7.70. The van der Waals surface area contributed by atoms with Gasteiger partial charge in [-0.3, -0.25) is 9.59 Å². The van der Waals surface area contributed by atoms with E-state index in [-0.39, 0.29) is 43.0 Å². The molecule has 0 radical (unpaired) electrons. The number of carbonyl (C=O) groups excluding carboxylic acids is 3.